The van der Waals surface area contributed by atoms with Crippen LogP contribution in [0.1, 0.15) is 34.3 Å². The van der Waals surface area contributed by atoms with Gasteiger partial charge in [0.25, 0.3) is 5.91 Å². The number of aromatic nitrogens is 1. The number of hydrogen-bond donors (Lipinski definition) is 2. The van der Waals surface area contributed by atoms with Gasteiger partial charge >= 0.3 is 0 Å². The first kappa shape index (κ1) is 26.4. The van der Waals surface area contributed by atoms with Crippen molar-refractivity contribution in [2.24, 2.45) is 0 Å². The Labute approximate surface area is 228 Å². The van der Waals surface area contributed by atoms with E-state index in [1.165, 1.54) is 30.5 Å². The maximum atomic E-state index is 13.4. The number of carbonyl (C=O) groups is 1. The average molecular weight is 537 g/mol. The molecule has 7 nitrogen and oxygen atoms in total. The number of anilines is 2. The second-order valence-electron chi connectivity index (χ2n) is 10.1. The number of halogens is 2. The number of pyridine rings is 1. The molecule has 0 bridgehead atoms. The van der Waals surface area contributed by atoms with Crippen LogP contribution in [0.5, 0.6) is 0 Å². The van der Waals surface area contributed by atoms with Gasteiger partial charge in [-0.2, -0.15) is 0 Å². The van der Waals surface area contributed by atoms with Crippen molar-refractivity contribution in [2.45, 2.75) is 32.0 Å². The predicted octanol–water partition coefficient (Wildman–Crippen LogP) is 4.17. The van der Waals surface area contributed by atoms with Crippen LogP contribution in [-0.2, 0) is 13.1 Å². The van der Waals surface area contributed by atoms with E-state index in [4.69, 9.17) is 17.3 Å². The molecule has 5 rings (SSSR count). The Balaban J connectivity index is 1.08. The van der Waals surface area contributed by atoms with Crippen LogP contribution in [0.3, 0.4) is 0 Å². The van der Waals surface area contributed by atoms with Gasteiger partial charge in [-0.3, -0.25) is 14.6 Å². The highest BCUT2D eigenvalue weighted by atomic mass is 35.5. The summed E-state index contributed by atoms with van der Waals surface area (Å²) in [7, 11) is 0. The van der Waals surface area contributed by atoms with Gasteiger partial charge in [0, 0.05) is 57.2 Å². The largest absolute Gasteiger partial charge is 0.399 e. The number of piperidine rings is 1. The van der Waals surface area contributed by atoms with Crippen LogP contribution < -0.4 is 16.0 Å². The van der Waals surface area contributed by atoms with Crippen LogP contribution >= 0.6 is 11.6 Å². The highest BCUT2D eigenvalue weighted by Crippen LogP contribution is 2.27. The Bertz CT molecular complexity index is 1240. The summed E-state index contributed by atoms with van der Waals surface area (Å²) in [6, 6.07) is 16.6. The molecule has 9 heteroatoms. The van der Waals surface area contributed by atoms with Crippen LogP contribution in [0.25, 0.3) is 0 Å². The van der Waals surface area contributed by atoms with Gasteiger partial charge < -0.3 is 16.0 Å². The molecule has 2 aliphatic heterocycles. The quantitative estimate of drug-likeness (QED) is 0.441. The van der Waals surface area contributed by atoms with E-state index in [2.05, 4.69) is 37.1 Å². The van der Waals surface area contributed by atoms with Gasteiger partial charge in [-0.05, 0) is 67.4 Å². The standard InChI is InChI=1S/C29H34ClFN6O/c30-27-17-23(29(38)34-18-22-2-1-3-24(31)16-22)19-33-28(27)37-14-12-36(13-15-37)26-8-10-35(11-9-26)20-21-4-6-25(32)7-5-21/h1-7,16-17,19,26H,8-15,18,20,32H2,(H,34,38). The third kappa shape index (κ3) is 6.62. The second-order valence-corrected chi connectivity index (χ2v) is 10.5. The normalized spacial score (nSPS) is 17.5. The molecule has 0 radical (unpaired) electrons. The number of piperazine rings is 1. The molecule has 0 unspecified atom stereocenters. The van der Waals surface area contributed by atoms with Gasteiger partial charge in [0.15, 0.2) is 0 Å². The summed E-state index contributed by atoms with van der Waals surface area (Å²) in [5.74, 6) is 0.0971. The molecule has 2 aliphatic rings. The van der Waals surface area contributed by atoms with E-state index in [9.17, 15) is 9.18 Å². The topological polar surface area (TPSA) is 77.7 Å². The van der Waals surface area contributed by atoms with Crippen LogP contribution in [0.2, 0.25) is 5.02 Å². The Morgan fingerprint density at radius 2 is 1.74 bits per heavy atom. The van der Waals surface area contributed by atoms with Gasteiger partial charge in [0.05, 0.1) is 10.6 Å². The summed E-state index contributed by atoms with van der Waals surface area (Å²) in [5.41, 5.74) is 9.01. The fourth-order valence-corrected chi connectivity index (χ4v) is 5.63. The molecule has 200 valence electrons. The molecular formula is C29H34ClFN6O. The molecule has 1 amide bonds. The SMILES string of the molecule is Nc1ccc(CN2CCC(N3CCN(c4ncc(C(=O)NCc5cccc(F)c5)cc4Cl)CC3)CC2)cc1. The monoisotopic (exact) mass is 536 g/mol. The lowest BCUT2D eigenvalue weighted by Crippen LogP contribution is -2.53. The van der Waals surface area contributed by atoms with Crippen molar-refractivity contribution < 1.29 is 9.18 Å². The first-order chi connectivity index (χ1) is 18.4. The third-order valence-electron chi connectivity index (χ3n) is 7.50. The Kier molecular flexibility index (Phi) is 8.42. The summed E-state index contributed by atoms with van der Waals surface area (Å²) >= 11 is 6.56. The van der Waals surface area contributed by atoms with Crippen molar-refractivity contribution in [2.75, 3.05) is 49.9 Å². The van der Waals surface area contributed by atoms with E-state index in [1.54, 1.807) is 24.4 Å². The van der Waals surface area contributed by atoms with Crippen molar-refractivity contribution >= 4 is 29.0 Å². The number of nitrogens with one attached hydrogen (secondary N) is 1. The smallest absolute Gasteiger partial charge is 0.253 e. The maximum absolute atomic E-state index is 13.4. The summed E-state index contributed by atoms with van der Waals surface area (Å²) in [6.45, 7) is 7.05. The first-order valence-corrected chi connectivity index (χ1v) is 13.6. The van der Waals surface area contributed by atoms with E-state index in [1.807, 2.05) is 12.1 Å². The van der Waals surface area contributed by atoms with Crippen molar-refractivity contribution in [3.05, 3.63) is 88.3 Å². The van der Waals surface area contributed by atoms with Gasteiger partial charge in [-0.25, -0.2) is 9.37 Å². The molecule has 2 saturated heterocycles. The van der Waals surface area contributed by atoms with E-state index < -0.39 is 0 Å². The minimum Gasteiger partial charge on any atom is -0.399 e. The summed E-state index contributed by atoms with van der Waals surface area (Å²) in [5, 5.41) is 3.26. The number of hydrogen-bond acceptors (Lipinski definition) is 6. The van der Waals surface area contributed by atoms with Crippen LogP contribution in [-0.4, -0.2) is 66.0 Å². The summed E-state index contributed by atoms with van der Waals surface area (Å²) < 4.78 is 13.4. The molecule has 0 saturated carbocycles. The number of likely N-dealkylation sites (tertiary alicyclic amines) is 1. The third-order valence-corrected chi connectivity index (χ3v) is 7.78. The van der Waals surface area contributed by atoms with Crippen molar-refractivity contribution in [3.8, 4) is 0 Å². The highest BCUT2D eigenvalue weighted by Gasteiger charge is 2.28. The molecule has 0 spiro atoms. The van der Waals surface area contributed by atoms with Crippen LogP contribution in [0, 0.1) is 5.82 Å². The zero-order valence-corrected chi connectivity index (χ0v) is 22.2. The fraction of sp³-hybridized carbons (Fsp3) is 0.379. The van der Waals surface area contributed by atoms with Gasteiger partial charge in [0.2, 0.25) is 0 Å². The van der Waals surface area contributed by atoms with Crippen molar-refractivity contribution in [1.29, 1.82) is 0 Å². The van der Waals surface area contributed by atoms with Gasteiger partial charge in [-0.1, -0.05) is 35.9 Å². The van der Waals surface area contributed by atoms with Crippen LogP contribution in [0.15, 0.2) is 60.8 Å². The zero-order chi connectivity index (χ0) is 26.5. The summed E-state index contributed by atoms with van der Waals surface area (Å²) in [6.07, 6.45) is 3.91. The Morgan fingerprint density at radius 1 is 1.00 bits per heavy atom. The number of nitrogens with zero attached hydrogens (tertiary/aromatic N) is 4. The maximum Gasteiger partial charge on any atom is 0.253 e. The molecule has 3 N–H and O–H groups in total. The number of nitrogens with two attached hydrogens (primary N) is 1. The number of benzene rings is 2. The summed E-state index contributed by atoms with van der Waals surface area (Å²) in [4.78, 5) is 24.4. The lowest BCUT2D eigenvalue weighted by molar-refractivity contribution is 0.0950. The Morgan fingerprint density at radius 3 is 2.42 bits per heavy atom. The van der Waals surface area contributed by atoms with Crippen LogP contribution in [0.4, 0.5) is 15.9 Å². The van der Waals surface area contributed by atoms with Crippen molar-refractivity contribution in [1.82, 2.24) is 20.1 Å². The number of amides is 1. The highest BCUT2D eigenvalue weighted by molar-refractivity contribution is 6.33. The average Bonchev–Trinajstić information content (AvgIpc) is 2.93. The van der Waals surface area contributed by atoms with E-state index >= 15 is 0 Å². The number of carbonyl (C=O) groups excluding carboxylic acids is 1. The molecule has 1 aromatic heterocycles. The van der Waals surface area contributed by atoms with Gasteiger partial charge in [-0.15, -0.1) is 0 Å². The first-order valence-electron chi connectivity index (χ1n) is 13.2. The predicted molar refractivity (Wildman–Crippen MR) is 150 cm³/mol. The number of nitrogen functional groups attached to an aromatic ring is 1. The van der Waals surface area contributed by atoms with E-state index in [-0.39, 0.29) is 18.3 Å². The fourth-order valence-electron chi connectivity index (χ4n) is 5.34. The number of rotatable bonds is 7. The Hall–Kier alpha value is -3.20. The molecule has 0 atom stereocenters. The van der Waals surface area contributed by atoms with Gasteiger partial charge in [0.1, 0.15) is 11.6 Å². The molecule has 2 fully saturated rings. The minimum absolute atomic E-state index is 0.234. The molecule has 2 aromatic carbocycles. The lowest BCUT2D eigenvalue weighted by atomic mass is 10.0. The second kappa shape index (κ2) is 12.1. The minimum atomic E-state index is -0.328. The molecule has 0 aliphatic carbocycles. The lowest BCUT2D eigenvalue weighted by Gasteiger charge is -2.43. The molecule has 3 heterocycles. The molecular weight excluding hydrogens is 503 g/mol. The van der Waals surface area contributed by atoms with Crippen molar-refractivity contribution in [3.63, 3.8) is 0 Å². The van der Waals surface area contributed by atoms with E-state index in [0.29, 0.717) is 28.0 Å². The zero-order valence-electron chi connectivity index (χ0n) is 21.5. The molecule has 38 heavy (non-hydrogen) atoms. The van der Waals surface area contributed by atoms with E-state index in [0.717, 1.165) is 51.5 Å². The molecule has 3 aromatic rings.